The van der Waals surface area contributed by atoms with Crippen LogP contribution in [-0.4, -0.2) is 40.5 Å². The molecule has 142 valence electrons. The van der Waals surface area contributed by atoms with Crippen LogP contribution < -0.4 is 4.90 Å². The van der Waals surface area contributed by atoms with Gasteiger partial charge in [0, 0.05) is 42.8 Å². The summed E-state index contributed by atoms with van der Waals surface area (Å²) < 4.78 is 13.8. The Morgan fingerprint density at radius 3 is 2.81 bits per heavy atom. The van der Waals surface area contributed by atoms with E-state index in [1.165, 1.54) is 6.07 Å². The fourth-order valence-corrected chi connectivity index (χ4v) is 4.96. The summed E-state index contributed by atoms with van der Waals surface area (Å²) in [7, 11) is 0. The van der Waals surface area contributed by atoms with Gasteiger partial charge in [-0.25, -0.2) is 4.39 Å². The molecule has 5 heteroatoms. The van der Waals surface area contributed by atoms with Crippen molar-refractivity contribution in [2.24, 2.45) is 5.92 Å². The molecule has 1 amide bonds. The Labute approximate surface area is 160 Å². The highest BCUT2D eigenvalue weighted by Gasteiger charge is 2.48. The maximum Gasteiger partial charge on any atom is 0.255 e. The number of piperidine rings is 1. The minimum absolute atomic E-state index is 0.0617. The van der Waals surface area contributed by atoms with Gasteiger partial charge in [0.2, 0.25) is 0 Å². The van der Waals surface area contributed by atoms with E-state index >= 15 is 0 Å². The molecule has 2 atom stereocenters. The lowest BCUT2D eigenvalue weighted by molar-refractivity contribution is 0.0667. The van der Waals surface area contributed by atoms with Crippen molar-refractivity contribution in [3.05, 3.63) is 59.7 Å². The number of hydrogen-bond acceptors (Lipinski definition) is 3. The summed E-state index contributed by atoms with van der Waals surface area (Å²) in [6.45, 7) is 7.84. The van der Waals surface area contributed by atoms with Crippen LogP contribution in [0.4, 0.5) is 10.1 Å². The van der Waals surface area contributed by atoms with Gasteiger partial charge in [0.25, 0.3) is 5.91 Å². The molecular formula is C22H26FN3O. The monoisotopic (exact) mass is 367 g/mol. The number of amides is 1. The lowest BCUT2D eigenvalue weighted by Gasteiger charge is -2.41. The Hall–Kier alpha value is -2.43. The zero-order chi connectivity index (χ0) is 19.2. The molecule has 0 bridgehead atoms. The lowest BCUT2D eigenvalue weighted by Crippen LogP contribution is -2.50. The smallest absolute Gasteiger partial charge is 0.255 e. The van der Waals surface area contributed by atoms with Crippen LogP contribution in [0.2, 0.25) is 0 Å². The SMILES string of the molecule is Cc1cncc(C(=O)N2CC[C@H]3[C@@H](C2)CC(C)(C)N3c2cccc(F)c2)c1. The predicted octanol–water partition coefficient (Wildman–Crippen LogP) is 4.05. The molecule has 0 aliphatic carbocycles. The van der Waals surface area contributed by atoms with Crippen molar-refractivity contribution in [1.82, 2.24) is 9.88 Å². The molecule has 0 spiro atoms. The Bertz CT molecular complexity index is 866. The average Bonchev–Trinajstić information content (AvgIpc) is 2.89. The van der Waals surface area contributed by atoms with Crippen molar-refractivity contribution in [3.63, 3.8) is 0 Å². The summed E-state index contributed by atoms with van der Waals surface area (Å²) in [5.41, 5.74) is 2.53. The van der Waals surface area contributed by atoms with E-state index in [0.29, 0.717) is 17.5 Å². The zero-order valence-corrected chi connectivity index (χ0v) is 16.2. The van der Waals surface area contributed by atoms with Crippen molar-refractivity contribution in [3.8, 4) is 0 Å². The van der Waals surface area contributed by atoms with Gasteiger partial charge in [0.15, 0.2) is 0 Å². The molecule has 2 fully saturated rings. The number of aryl methyl sites for hydroxylation is 1. The first-order valence-electron chi connectivity index (χ1n) is 9.61. The first-order valence-corrected chi connectivity index (χ1v) is 9.61. The summed E-state index contributed by atoms with van der Waals surface area (Å²) in [6.07, 6.45) is 5.30. The molecule has 27 heavy (non-hydrogen) atoms. The fourth-order valence-electron chi connectivity index (χ4n) is 4.96. The molecule has 0 saturated carbocycles. The highest BCUT2D eigenvalue weighted by atomic mass is 19.1. The second kappa shape index (κ2) is 6.63. The van der Waals surface area contributed by atoms with Crippen LogP contribution in [-0.2, 0) is 0 Å². The maximum absolute atomic E-state index is 13.8. The second-order valence-electron chi connectivity index (χ2n) is 8.48. The number of halogens is 1. The largest absolute Gasteiger partial charge is 0.363 e. The molecule has 4 nitrogen and oxygen atoms in total. The molecule has 2 aliphatic rings. The third-order valence-corrected chi connectivity index (χ3v) is 5.93. The molecule has 2 aliphatic heterocycles. The molecule has 2 saturated heterocycles. The van der Waals surface area contributed by atoms with Gasteiger partial charge in [-0.05, 0) is 69.4 Å². The fraction of sp³-hybridized carbons (Fsp3) is 0.455. The van der Waals surface area contributed by atoms with Crippen LogP contribution in [0.3, 0.4) is 0 Å². The lowest BCUT2D eigenvalue weighted by atomic mass is 9.89. The Morgan fingerprint density at radius 1 is 1.26 bits per heavy atom. The van der Waals surface area contributed by atoms with Crippen molar-refractivity contribution in [1.29, 1.82) is 0 Å². The van der Waals surface area contributed by atoms with Crippen LogP contribution in [0.1, 0.15) is 42.6 Å². The molecule has 0 N–H and O–H groups in total. The van der Waals surface area contributed by atoms with Crippen LogP contribution in [0, 0.1) is 18.7 Å². The quantitative estimate of drug-likeness (QED) is 0.803. The zero-order valence-electron chi connectivity index (χ0n) is 16.2. The molecule has 3 heterocycles. The first-order chi connectivity index (χ1) is 12.8. The van der Waals surface area contributed by atoms with Crippen LogP contribution >= 0.6 is 0 Å². The van der Waals surface area contributed by atoms with E-state index in [9.17, 15) is 9.18 Å². The van der Waals surface area contributed by atoms with Crippen molar-refractivity contribution in [2.75, 3.05) is 18.0 Å². The third kappa shape index (κ3) is 3.31. The second-order valence-corrected chi connectivity index (χ2v) is 8.48. The topological polar surface area (TPSA) is 36.4 Å². The van der Waals surface area contributed by atoms with Gasteiger partial charge in [-0.15, -0.1) is 0 Å². The normalized spacial score (nSPS) is 24.0. The van der Waals surface area contributed by atoms with Crippen LogP contribution in [0.15, 0.2) is 42.7 Å². The molecule has 4 rings (SSSR count). The van der Waals surface area contributed by atoms with Crippen LogP contribution in [0.5, 0.6) is 0 Å². The number of anilines is 1. The number of rotatable bonds is 2. The van der Waals surface area contributed by atoms with Gasteiger partial charge in [0.05, 0.1) is 5.56 Å². The Kier molecular flexibility index (Phi) is 4.41. The summed E-state index contributed by atoms with van der Waals surface area (Å²) in [5.74, 6) is 0.247. The van der Waals surface area contributed by atoms with Crippen molar-refractivity contribution in [2.45, 2.75) is 45.2 Å². The number of hydrogen-bond donors (Lipinski definition) is 0. The van der Waals surface area contributed by atoms with E-state index in [-0.39, 0.29) is 17.3 Å². The minimum Gasteiger partial charge on any atom is -0.363 e. The number of aromatic nitrogens is 1. The summed E-state index contributed by atoms with van der Waals surface area (Å²) in [4.78, 5) is 21.4. The van der Waals surface area contributed by atoms with Gasteiger partial charge in [0.1, 0.15) is 5.82 Å². The Balaban J connectivity index is 1.55. The molecule has 2 aromatic rings. The minimum atomic E-state index is -0.202. The van der Waals surface area contributed by atoms with Gasteiger partial charge in [-0.3, -0.25) is 9.78 Å². The van der Waals surface area contributed by atoms with Gasteiger partial charge < -0.3 is 9.80 Å². The molecule has 0 radical (unpaired) electrons. The molecule has 1 aromatic heterocycles. The van der Waals surface area contributed by atoms with Crippen LogP contribution in [0.25, 0.3) is 0 Å². The maximum atomic E-state index is 13.8. The van der Waals surface area contributed by atoms with Gasteiger partial charge >= 0.3 is 0 Å². The Morgan fingerprint density at radius 2 is 2.07 bits per heavy atom. The van der Waals surface area contributed by atoms with E-state index < -0.39 is 0 Å². The predicted molar refractivity (Wildman–Crippen MR) is 104 cm³/mol. The van der Waals surface area contributed by atoms with Gasteiger partial charge in [-0.2, -0.15) is 0 Å². The molecule has 0 unspecified atom stereocenters. The standard InChI is InChI=1S/C22H26FN3O/c1-15-9-16(13-24-12-15)21(27)25-8-7-20-17(14-25)11-22(2,3)26(20)19-6-4-5-18(23)10-19/h4-6,9-10,12-13,17,20H,7-8,11,14H2,1-3H3/t17-,20+/m1/s1. The summed E-state index contributed by atoms with van der Waals surface area (Å²) in [6, 6.07) is 9.11. The van der Waals surface area contributed by atoms with E-state index in [2.05, 4.69) is 23.7 Å². The van der Waals surface area contributed by atoms with E-state index in [0.717, 1.165) is 37.2 Å². The van der Waals surface area contributed by atoms with E-state index in [1.54, 1.807) is 24.5 Å². The number of carbonyl (C=O) groups excluding carboxylic acids is 1. The number of nitrogens with zero attached hydrogens (tertiary/aromatic N) is 3. The number of fused-ring (bicyclic) bond motifs is 1. The molecular weight excluding hydrogens is 341 g/mol. The van der Waals surface area contributed by atoms with E-state index in [4.69, 9.17) is 0 Å². The first kappa shape index (κ1) is 18.0. The third-order valence-electron chi connectivity index (χ3n) is 5.93. The van der Waals surface area contributed by atoms with Crippen molar-refractivity contribution < 1.29 is 9.18 Å². The number of carbonyl (C=O) groups is 1. The number of likely N-dealkylation sites (tertiary alicyclic amines) is 1. The summed E-state index contributed by atoms with van der Waals surface area (Å²) in [5, 5.41) is 0. The summed E-state index contributed by atoms with van der Waals surface area (Å²) >= 11 is 0. The number of pyridine rings is 1. The highest BCUT2D eigenvalue weighted by Crippen LogP contribution is 2.44. The molecule has 1 aromatic carbocycles. The van der Waals surface area contributed by atoms with E-state index in [1.807, 2.05) is 24.0 Å². The van der Waals surface area contributed by atoms with Crippen molar-refractivity contribution >= 4 is 11.6 Å². The number of benzene rings is 1. The average molecular weight is 367 g/mol. The highest BCUT2D eigenvalue weighted by molar-refractivity contribution is 5.94. The van der Waals surface area contributed by atoms with Gasteiger partial charge in [-0.1, -0.05) is 6.07 Å².